The Labute approximate surface area is 156 Å². The Morgan fingerprint density at radius 1 is 1.22 bits per heavy atom. The number of hydrogen-bond donors (Lipinski definition) is 2. The van der Waals surface area contributed by atoms with Gasteiger partial charge < -0.3 is 19.6 Å². The highest BCUT2D eigenvalue weighted by atomic mass is 16.3. The van der Waals surface area contributed by atoms with E-state index < -0.39 is 0 Å². The number of aromatic amines is 1. The van der Waals surface area contributed by atoms with E-state index in [0.29, 0.717) is 31.7 Å². The fraction of sp³-hybridized carbons (Fsp3) is 0.350. The third-order valence-electron chi connectivity index (χ3n) is 5.06. The Morgan fingerprint density at radius 2 is 2.00 bits per heavy atom. The third kappa shape index (κ3) is 3.58. The fourth-order valence-electron chi connectivity index (χ4n) is 3.48. The van der Waals surface area contributed by atoms with Crippen LogP contribution in [0.3, 0.4) is 0 Å². The molecule has 1 atom stereocenters. The maximum Gasteiger partial charge on any atom is 0.289 e. The van der Waals surface area contributed by atoms with Crippen LogP contribution in [0.2, 0.25) is 0 Å². The van der Waals surface area contributed by atoms with E-state index >= 15 is 0 Å². The van der Waals surface area contributed by atoms with Gasteiger partial charge in [-0.25, -0.2) is 4.98 Å². The molecule has 1 aromatic carbocycles. The van der Waals surface area contributed by atoms with Gasteiger partial charge in [0.2, 0.25) is 5.91 Å². The minimum absolute atomic E-state index is 0.00746. The third-order valence-corrected chi connectivity index (χ3v) is 5.06. The quantitative estimate of drug-likeness (QED) is 0.743. The number of rotatable bonds is 4. The Kier molecular flexibility index (Phi) is 4.66. The van der Waals surface area contributed by atoms with Crippen molar-refractivity contribution in [3.05, 3.63) is 54.2 Å². The monoisotopic (exact) mass is 366 g/mol. The zero-order valence-electron chi connectivity index (χ0n) is 15.1. The molecule has 27 heavy (non-hydrogen) atoms. The molecule has 4 rings (SSSR count). The number of carbonyl (C=O) groups is 2. The predicted octanol–water partition coefficient (Wildman–Crippen LogP) is 2.89. The molecule has 140 valence electrons. The average Bonchev–Trinajstić information content (AvgIpc) is 3.37. The number of aromatic nitrogens is 2. The molecule has 3 heterocycles. The molecule has 2 N–H and O–H groups in total. The largest absolute Gasteiger partial charge is 0.459 e. The second-order valence-electron chi connectivity index (χ2n) is 6.91. The van der Waals surface area contributed by atoms with Crippen molar-refractivity contribution in [2.45, 2.75) is 25.8 Å². The number of fused-ring (bicyclic) bond motifs is 1. The Hall–Kier alpha value is -3.09. The molecule has 3 aromatic rings. The maximum atomic E-state index is 12.6. The number of imidazole rings is 1. The highest BCUT2D eigenvalue weighted by Crippen LogP contribution is 2.21. The van der Waals surface area contributed by atoms with E-state index in [9.17, 15) is 9.59 Å². The normalized spacial score (nSPS) is 16.4. The van der Waals surface area contributed by atoms with Crippen molar-refractivity contribution in [3.63, 3.8) is 0 Å². The van der Waals surface area contributed by atoms with Crippen molar-refractivity contribution in [2.24, 2.45) is 5.92 Å². The molecular formula is C20H22N4O3. The summed E-state index contributed by atoms with van der Waals surface area (Å²) in [5.41, 5.74) is 1.84. The molecule has 0 spiro atoms. The number of nitrogens with one attached hydrogen (secondary N) is 2. The summed E-state index contributed by atoms with van der Waals surface area (Å²) >= 11 is 0. The first-order valence-corrected chi connectivity index (χ1v) is 9.19. The van der Waals surface area contributed by atoms with Crippen LogP contribution in [0, 0.1) is 5.92 Å². The van der Waals surface area contributed by atoms with Gasteiger partial charge in [-0.1, -0.05) is 12.1 Å². The predicted molar refractivity (Wildman–Crippen MR) is 100.0 cm³/mol. The number of nitrogens with zero attached hydrogens (tertiary/aromatic N) is 2. The fourth-order valence-corrected chi connectivity index (χ4v) is 3.48. The zero-order valence-corrected chi connectivity index (χ0v) is 15.1. The highest BCUT2D eigenvalue weighted by Gasteiger charge is 2.29. The van der Waals surface area contributed by atoms with Crippen LogP contribution in [0.1, 0.15) is 42.2 Å². The molecule has 0 bridgehead atoms. The van der Waals surface area contributed by atoms with Gasteiger partial charge >= 0.3 is 0 Å². The standard InChI is InChI=1S/C20H22N4O3/c1-13(18-22-15-5-2-3-6-16(15)23-18)21-19(25)14-8-10-24(11-9-14)20(26)17-7-4-12-27-17/h2-7,12-14H,8-11H2,1H3,(H,21,25)(H,22,23). The van der Waals surface area contributed by atoms with Crippen molar-refractivity contribution >= 4 is 22.8 Å². The second-order valence-corrected chi connectivity index (χ2v) is 6.91. The highest BCUT2D eigenvalue weighted by molar-refractivity contribution is 5.91. The topological polar surface area (TPSA) is 91.2 Å². The lowest BCUT2D eigenvalue weighted by atomic mass is 9.95. The summed E-state index contributed by atoms with van der Waals surface area (Å²) in [4.78, 5) is 34.5. The van der Waals surface area contributed by atoms with Crippen LogP contribution < -0.4 is 5.32 Å². The number of likely N-dealkylation sites (tertiary alicyclic amines) is 1. The lowest BCUT2D eigenvalue weighted by molar-refractivity contribution is -0.127. The number of para-hydroxylation sites is 2. The summed E-state index contributed by atoms with van der Waals surface area (Å²) in [7, 11) is 0. The first kappa shape index (κ1) is 17.3. The maximum absolute atomic E-state index is 12.6. The summed E-state index contributed by atoms with van der Waals surface area (Å²) in [6, 6.07) is 11.0. The molecule has 7 heteroatoms. The molecule has 1 aliphatic rings. The summed E-state index contributed by atoms with van der Waals surface area (Å²) in [6.07, 6.45) is 2.78. The van der Waals surface area contributed by atoms with Crippen molar-refractivity contribution in [1.82, 2.24) is 20.2 Å². The molecule has 2 aromatic heterocycles. The van der Waals surface area contributed by atoms with E-state index in [1.165, 1.54) is 6.26 Å². The molecule has 0 radical (unpaired) electrons. The van der Waals surface area contributed by atoms with Gasteiger partial charge in [0.15, 0.2) is 5.76 Å². The van der Waals surface area contributed by atoms with Crippen LogP contribution in [-0.2, 0) is 4.79 Å². The molecule has 1 saturated heterocycles. The van der Waals surface area contributed by atoms with Crippen molar-refractivity contribution in [2.75, 3.05) is 13.1 Å². The molecule has 7 nitrogen and oxygen atoms in total. The number of piperidine rings is 1. The second kappa shape index (κ2) is 7.26. The number of furan rings is 1. The van der Waals surface area contributed by atoms with Gasteiger partial charge in [0.25, 0.3) is 5.91 Å². The van der Waals surface area contributed by atoms with Gasteiger partial charge in [-0.15, -0.1) is 0 Å². The van der Waals surface area contributed by atoms with E-state index in [2.05, 4.69) is 15.3 Å². The van der Waals surface area contributed by atoms with E-state index in [1.54, 1.807) is 17.0 Å². The van der Waals surface area contributed by atoms with Crippen LogP contribution >= 0.6 is 0 Å². The number of hydrogen-bond acceptors (Lipinski definition) is 4. The molecule has 0 saturated carbocycles. The molecule has 1 fully saturated rings. The molecule has 0 aliphatic carbocycles. The Bertz CT molecular complexity index is 906. The first-order chi connectivity index (χ1) is 13.1. The minimum Gasteiger partial charge on any atom is -0.459 e. The summed E-state index contributed by atoms with van der Waals surface area (Å²) in [5, 5.41) is 3.04. The van der Waals surface area contributed by atoms with Crippen LogP contribution in [-0.4, -0.2) is 39.8 Å². The SMILES string of the molecule is CC(NC(=O)C1CCN(C(=O)c2ccco2)CC1)c1nc2ccccc2[nH]1. The smallest absolute Gasteiger partial charge is 0.289 e. The van der Waals surface area contributed by atoms with Gasteiger partial charge in [0.1, 0.15) is 5.82 Å². The van der Waals surface area contributed by atoms with Gasteiger partial charge in [0, 0.05) is 19.0 Å². The Balaban J connectivity index is 1.33. The molecule has 1 unspecified atom stereocenters. The van der Waals surface area contributed by atoms with Gasteiger partial charge in [-0.3, -0.25) is 9.59 Å². The van der Waals surface area contributed by atoms with Gasteiger partial charge in [0.05, 0.1) is 23.3 Å². The van der Waals surface area contributed by atoms with Crippen LogP contribution in [0.25, 0.3) is 11.0 Å². The van der Waals surface area contributed by atoms with E-state index in [-0.39, 0.29) is 23.8 Å². The van der Waals surface area contributed by atoms with Crippen LogP contribution in [0.5, 0.6) is 0 Å². The average molecular weight is 366 g/mol. The van der Waals surface area contributed by atoms with Crippen LogP contribution in [0.4, 0.5) is 0 Å². The first-order valence-electron chi connectivity index (χ1n) is 9.19. The van der Waals surface area contributed by atoms with Crippen molar-refractivity contribution in [3.8, 4) is 0 Å². The molecule has 2 amide bonds. The van der Waals surface area contributed by atoms with E-state index in [0.717, 1.165) is 16.9 Å². The van der Waals surface area contributed by atoms with E-state index in [1.807, 2.05) is 31.2 Å². The Morgan fingerprint density at radius 3 is 2.70 bits per heavy atom. The van der Waals surface area contributed by atoms with Crippen molar-refractivity contribution < 1.29 is 14.0 Å². The summed E-state index contributed by atoms with van der Waals surface area (Å²) in [5.74, 6) is 0.881. The summed E-state index contributed by atoms with van der Waals surface area (Å²) in [6.45, 7) is 3.03. The zero-order chi connectivity index (χ0) is 18.8. The van der Waals surface area contributed by atoms with E-state index in [4.69, 9.17) is 4.42 Å². The number of benzene rings is 1. The van der Waals surface area contributed by atoms with Gasteiger partial charge in [-0.05, 0) is 44.0 Å². The molecule has 1 aliphatic heterocycles. The van der Waals surface area contributed by atoms with Crippen LogP contribution in [0.15, 0.2) is 47.1 Å². The number of amides is 2. The lowest BCUT2D eigenvalue weighted by Gasteiger charge is -2.31. The van der Waals surface area contributed by atoms with Crippen molar-refractivity contribution in [1.29, 1.82) is 0 Å². The van der Waals surface area contributed by atoms with Gasteiger partial charge in [-0.2, -0.15) is 0 Å². The molecular weight excluding hydrogens is 344 g/mol. The number of H-pyrrole nitrogens is 1. The number of carbonyl (C=O) groups excluding carboxylic acids is 2. The summed E-state index contributed by atoms with van der Waals surface area (Å²) < 4.78 is 5.17. The lowest BCUT2D eigenvalue weighted by Crippen LogP contribution is -2.43. The minimum atomic E-state index is -0.201.